The second kappa shape index (κ2) is 7.10. The molecule has 0 unspecified atom stereocenters. The highest BCUT2D eigenvalue weighted by atomic mass is 127. The van der Waals surface area contributed by atoms with Crippen molar-refractivity contribution in [3.63, 3.8) is 0 Å². The standard InChI is InChI=1S/C9H18IN/c1-8(2)9(4-6-10)5-7-11-3/h4,8,11H,5-7H2,1-3H3/b9-4+. The molecule has 0 aliphatic rings. The monoisotopic (exact) mass is 267 g/mol. The summed E-state index contributed by atoms with van der Waals surface area (Å²) in [6.07, 6.45) is 3.53. The highest BCUT2D eigenvalue weighted by Crippen LogP contribution is 2.13. The van der Waals surface area contributed by atoms with E-state index in [0.29, 0.717) is 5.92 Å². The van der Waals surface area contributed by atoms with E-state index in [1.807, 2.05) is 7.05 Å². The molecule has 11 heavy (non-hydrogen) atoms. The molecule has 0 aliphatic carbocycles. The van der Waals surface area contributed by atoms with E-state index >= 15 is 0 Å². The fourth-order valence-electron chi connectivity index (χ4n) is 0.995. The summed E-state index contributed by atoms with van der Waals surface area (Å²) in [4.78, 5) is 0. The van der Waals surface area contributed by atoms with E-state index < -0.39 is 0 Å². The van der Waals surface area contributed by atoms with Crippen LogP contribution in [0.1, 0.15) is 20.3 Å². The molecule has 0 saturated carbocycles. The minimum Gasteiger partial charge on any atom is -0.319 e. The molecule has 1 N–H and O–H groups in total. The lowest BCUT2D eigenvalue weighted by molar-refractivity contribution is 0.679. The molecule has 0 radical (unpaired) electrons. The van der Waals surface area contributed by atoms with Crippen LogP contribution in [-0.2, 0) is 0 Å². The lowest BCUT2D eigenvalue weighted by atomic mass is 10.0. The van der Waals surface area contributed by atoms with Crippen LogP contribution in [0.25, 0.3) is 0 Å². The number of halogens is 1. The first kappa shape index (κ1) is 11.4. The predicted octanol–water partition coefficient (Wildman–Crippen LogP) is 2.61. The molecule has 66 valence electrons. The van der Waals surface area contributed by atoms with Gasteiger partial charge in [0.15, 0.2) is 0 Å². The third-order valence-electron chi connectivity index (χ3n) is 1.74. The van der Waals surface area contributed by atoms with E-state index in [2.05, 4.69) is 47.8 Å². The number of hydrogen-bond donors (Lipinski definition) is 1. The Morgan fingerprint density at radius 1 is 1.55 bits per heavy atom. The summed E-state index contributed by atoms with van der Waals surface area (Å²) in [6, 6.07) is 0. The number of hydrogen-bond acceptors (Lipinski definition) is 1. The van der Waals surface area contributed by atoms with Crippen LogP contribution in [0.2, 0.25) is 0 Å². The van der Waals surface area contributed by atoms with Crippen molar-refractivity contribution in [2.24, 2.45) is 5.92 Å². The van der Waals surface area contributed by atoms with Crippen LogP contribution < -0.4 is 5.32 Å². The minimum absolute atomic E-state index is 0.707. The highest BCUT2D eigenvalue weighted by molar-refractivity contribution is 14.1. The van der Waals surface area contributed by atoms with Crippen molar-refractivity contribution in [2.75, 3.05) is 18.0 Å². The van der Waals surface area contributed by atoms with Crippen LogP contribution in [0.5, 0.6) is 0 Å². The maximum absolute atomic E-state index is 3.17. The van der Waals surface area contributed by atoms with Gasteiger partial charge in [-0.05, 0) is 25.9 Å². The zero-order chi connectivity index (χ0) is 8.69. The summed E-state index contributed by atoms with van der Waals surface area (Å²) < 4.78 is 1.13. The van der Waals surface area contributed by atoms with Crippen LogP contribution >= 0.6 is 22.6 Å². The van der Waals surface area contributed by atoms with E-state index in [1.165, 1.54) is 6.42 Å². The largest absolute Gasteiger partial charge is 0.319 e. The van der Waals surface area contributed by atoms with Crippen LogP contribution in [0, 0.1) is 5.92 Å². The Morgan fingerprint density at radius 3 is 2.55 bits per heavy atom. The summed E-state index contributed by atoms with van der Waals surface area (Å²) in [5.41, 5.74) is 1.58. The molecule has 0 spiro atoms. The van der Waals surface area contributed by atoms with Gasteiger partial charge in [0.25, 0.3) is 0 Å². The Balaban J connectivity index is 3.80. The molecular weight excluding hydrogens is 249 g/mol. The first-order chi connectivity index (χ1) is 5.22. The Bertz CT molecular complexity index is 119. The van der Waals surface area contributed by atoms with Gasteiger partial charge >= 0.3 is 0 Å². The van der Waals surface area contributed by atoms with Crippen LogP contribution in [0.4, 0.5) is 0 Å². The molecule has 0 rings (SSSR count). The van der Waals surface area contributed by atoms with E-state index in [9.17, 15) is 0 Å². The zero-order valence-electron chi connectivity index (χ0n) is 7.65. The van der Waals surface area contributed by atoms with Crippen molar-refractivity contribution in [1.82, 2.24) is 5.32 Å². The van der Waals surface area contributed by atoms with Gasteiger partial charge in [-0.15, -0.1) is 0 Å². The quantitative estimate of drug-likeness (QED) is 0.458. The fourth-order valence-corrected chi connectivity index (χ4v) is 1.56. The lowest BCUT2D eigenvalue weighted by Crippen LogP contribution is -2.10. The van der Waals surface area contributed by atoms with Gasteiger partial charge in [0.05, 0.1) is 0 Å². The van der Waals surface area contributed by atoms with Gasteiger partial charge in [-0.1, -0.05) is 48.1 Å². The average molecular weight is 267 g/mol. The average Bonchev–Trinajstić information content (AvgIpc) is 1.97. The Hall–Kier alpha value is 0.430. The molecule has 0 bridgehead atoms. The molecule has 1 nitrogen and oxygen atoms in total. The van der Waals surface area contributed by atoms with Gasteiger partial charge in [-0.25, -0.2) is 0 Å². The maximum Gasteiger partial charge on any atom is 0.0178 e. The summed E-state index contributed by atoms with van der Waals surface area (Å²) in [5.74, 6) is 0.707. The molecule has 0 aromatic heterocycles. The van der Waals surface area contributed by atoms with Crippen LogP contribution in [-0.4, -0.2) is 18.0 Å². The molecule has 2 heteroatoms. The summed E-state index contributed by atoms with van der Waals surface area (Å²) in [5, 5.41) is 3.17. The molecule has 0 saturated heterocycles. The Labute approximate surface area is 83.8 Å². The van der Waals surface area contributed by atoms with Crippen LogP contribution in [0.15, 0.2) is 11.6 Å². The summed E-state index contributed by atoms with van der Waals surface area (Å²) in [7, 11) is 2.00. The smallest absolute Gasteiger partial charge is 0.0178 e. The Kier molecular flexibility index (Phi) is 7.38. The molecule has 0 aliphatic heterocycles. The van der Waals surface area contributed by atoms with Crippen molar-refractivity contribution < 1.29 is 0 Å². The minimum atomic E-state index is 0.707. The summed E-state index contributed by atoms with van der Waals surface area (Å²) >= 11 is 2.39. The predicted molar refractivity (Wildman–Crippen MR) is 60.4 cm³/mol. The third-order valence-corrected chi connectivity index (χ3v) is 2.18. The molecule has 0 amide bonds. The molecular formula is C9H18IN. The van der Waals surface area contributed by atoms with Crippen molar-refractivity contribution in [2.45, 2.75) is 20.3 Å². The maximum atomic E-state index is 3.17. The molecule has 0 aromatic rings. The lowest BCUT2D eigenvalue weighted by Gasteiger charge is -2.10. The van der Waals surface area contributed by atoms with Crippen molar-refractivity contribution in [3.8, 4) is 0 Å². The van der Waals surface area contributed by atoms with E-state index in [0.717, 1.165) is 11.0 Å². The number of rotatable bonds is 5. The number of alkyl halides is 1. The number of nitrogens with one attached hydrogen (secondary N) is 1. The van der Waals surface area contributed by atoms with Crippen molar-refractivity contribution in [1.29, 1.82) is 0 Å². The second-order valence-electron chi connectivity index (χ2n) is 2.94. The summed E-state index contributed by atoms with van der Waals surface area (Å²) in [6.45, 7) is 5.61. The van der Waals surface area contributed by atoms with E-state index in [-0.39, 0.29) is 0 Å². The first-order valence-corrected chi connectivity index (χ1v) is 5.64. The molecule has 0 aromatic carbocycles. The first-order valence-electron chi connectivity index (χ1n) is 4.11. The topological polar surface area (TPSA) is 12.0 Å². The Morgan fingerprint density at radius 2 is 2.18 bits per heavy atom. The molecule has 0 heterocycles. The van der Waals surface area contributed by atoms with Crippen molar-refractivity contribution in [3.05, 3.63) is 11.6 Å². The van der Waals surface area contributed by atoms with Gasteiger partial charge < -0.3 is 5.32 Å². The normalized spacial score (nSPS) is 12.6. The van der Waals surface area contributed by atoms with Crippen molar-refractivity contribution >= 4 is 22.6 Å². The third kappa shape index (κ3) is 5.67. The number of allylic oxidation sites excluding steroid dienone is 1. The zero-order valence-corrected chi connectivity index (χ0v) is 9.81. The SMILES string of the molecule is CNCC/C(=C\CI)C(C)C. The van der Waals surface area contributed by atoms with Gasteiger partial charge in [0, 0.05) is 4.43 Å². The van der Waals surface area contributed by atoms with Crippen LogP contribution in [0.3, 0.4) is 0 Å². The molecule has 0 atom stereocenters. The second-order valence-corrected chi connectivity index (χ2v) is 3.82. The molecule has 0 fully saturated rings. The van der Waals surface area contributed by atoms with Gasteiger partial charge in [0.1, 0.15) is 0 Å². The van der Waals surface area contributed by atoms with E-state index in [1.54, 1.807) is 5.57 Å². The van der Waals surface area contributed by atoms with Gasteiger partial charge in [-0.3, -0.25) is 0 Å². The van der Waals surface area contributed by atoms with Gasteiger partial charge in [-0.2, -0.15) is 0 Å². The van der Waals surface area contributed by atoms with Gasteiger partial charge in [0.2, 0.25) is 0 Å². The fraction of sp³-hybridized carbons (Fsp3) is 0.778. The highest BCUT2D eigenvalue weighted by Gasteiger charge is 2.00. The van der Waals surface area contributed by atoms with E-state index in [4.69, 9.17) is 0 Å².